The van der Waals surface area contributed by atoms with E-state index >= 15 is 0 Å². The van der Waals surface area contributed by atoms with Crippen molar-refractivity contribution < 1.29 is 4.74 Å². The van der Waals surface area contributed by atoms with Crippen molar-refractivity contribution in [1.82, 2.24) is 15.0 Å². The van der Waals surface area contributed by atoms with E-state index in [0.717, 1.165) is 25.1 Å². The van der Waals surface area contributed by atoms with Crippen molar-refractivity contribution in [3.05, 3.63) is 11.6 Å². The molecule has 0 aromatic carbocycles. The first kappa shape index (κ1) is 14.2. The highest BCUT2D eigenvalue weighted by Gasteiger charge is 2.22. The molecule has 19 heavy (non-hydrogen) atoms. The van der Waals surface area contributed by atoms with Gasteiger partial charge in [-0.2, -0.15) is 9.97 Å². The predicted octanol–water partition coefficient (Wildman–Crippen LogP) is 2.99. The Morgan fingerprint density at radius 1 is 1.16 bits per heavy atom. The van der Waals surface area contributed by atoms with Gasteiger partial charge in [0.15, 0.2) is 5.82 Å². The Morgan fingerprint density at radius 3 is 2.53 bits per heavy atom. The summed E-state index contributed by atoms with van der Waals surface area (Å²) in [5, 5.41) is 0. The largest absolute Gasteiger partial charge is 0.371 e. The highest BCUT2D eigenvalue weighted by molar-refractivity contribution is 5.18. The fraction of sp³-hybridized carbons (Fsp3) is 0.786. The van der Waals surface area contributed by atoms with Gasteiger partial charge in [-0.15, -0.1) is 0 Å². The predicted molar refractivity (Wildman–Crippen MR) is 74.7 cm³/mol. The summed E-state index contributed by atoms with van der Waals surface area (Å²) in [6.45, 7) is 4.71. The minimum Gasteiger partial charge on any atom is -0.371 e. The van der Waals surface area contributed by atoms with Crippen molar-refractivity contribution in [1.29, 1.82) is 0 Å². The van der Waals surface area contributed by atoms with E-state index in [2.05, 4.69) is 21.9 Å². The molecular weight excluding hydrogens is 240 g/mol. The first-order valence-electron chi connectivity index (χ1n) is 7.37. The van der Waals surface area contributed by atoms with E-state index in [4.69, 9.17) is 10.5 Å². The summed E-state index contributed by atoms with van der Waals surface area (Å²) in [6, 6.07) is 0. The molecule has 0 bridgehead atoms. The maximum absolute atomic E-state index is 5.84. The molecule has 0 radical (unpaired) electrons. The Morgan fingerprint density at radius 2 is 1.89 bits per heavy atom. The van der Waals surface area contributed by atoms with Crippen LogP contribution in [0.5, 0.6) is 0 Å². The van der Waals surface area contributed by atoms with Gasteiger partial charge in [-0.25, -0.2) is 4.98 Å². The van der Waals surface area contributed by atoms with Crippen LogP contribution in [0.4, 0.5) is 5.95 Å². The Kier molecular flexibility index (Phi) is 5.07. The van der Waals surface area contributed by atoms with Crippen LogP contribution in [0.15, 0.2) is 0 Å². The lowest BCUT2D eigenvalue weighted by Crippen LogP contribution is -2.16. The van der Waals surface area contributed by atoms with Crippen LogP contribution in [0.1, 0.15) is 76.0 Å². The summed E-state index contributed by atoms with van der Waals surface area (Å²) in [5.74, 6) is 2.32. The molecule has 1 saturated carbocycles. The fourth-order valence-electron chi connectivity index (χ4n) is 2.69. The molecule has 0 saturated heterocycles. The molecule has 1 aromatic rings. The Bertz CT molecular complexity index is 381. The second-order valence-electron chi connectivity index (χ2n) is 5.10. The maximum atomic E-state index is 5.84. The fourth-order valence-corrected chi connectivity index (χ4v) is 2.69. The number of nitrogens with two attached hydrogens (primary N) is 1. The number of nitrogens with zero attached hydrogens (tertiary/aromatic N) is 3. The Hall–Kier alpha value is -1.23. The van der Waals surface area contributed by atoms with E-state index in [1.165, 1.54) is 19.3 Å². The molecule has 1 aromatic heterocycles. The highest BCUT2D eigenvalue weighted by Crippen LogP contribution is 2.31. The number of ether oxygens (including phenoxy) is 1. The van der Waals surface area contributed by atoms with Crippen LogP contribution >= 0.6 is 0 Å². The van der Waals surface area contributed by atoms with Crippen LogP contribution in [0.2, 0.25) is 0 Å². The van der Waals surface area contributed by atoms with Crippen LogP contribution in [0.25, 0.3) is 0 Å². The molecular formula is C14H24N4O. The maximum Gasteiger partial charge on any atom is 0.223 e. The molecule has 0 aliphatic heterocycles. The zero-order valence-corrected chi connectivity index (χ0v) is 11.9. The first-order chi connectivity index (χ1) is 9.24. The molecule has 1 aliphatic carbocycles. The minimum absolute atomic E-state index is 0.0716. The van der Waals surface area contributed by atoms with Gasteiger partial charge in [-0.3, -0.25) is 0 Å². The molecule has 0 amide bonds. The van der Waals surface area contributed by atoms with Crippen molar-refractivity contribution in [2.75, 3.05) is 12.3 Å². The molecule has 106 valence electrons. The lowest BCUT2D eigenvalue weighted by Gasteiger charge is -2.21. The van der Waals surface area contributed by atoms with Crippen LogP contribution in [-0.4, -0.2) is 21.6 Å². The standard InChI is InChI=1S/C14H24N4O/c1-3-11(19-4-2)13-16-12(17-14(15)18-13)10-8-6-5-7-9-10/h10-11H,3-9H2,1-2H3,(H2,15,16,17,18). The van der Waals surface area contributed by atoms with E-state index in [1.54, 1.807) is 0 Å². The highest BCUT2D eigenvalue weighted by atomic mass is 16.5. The van der Waals surface area contributed by atoms with E-state index in [0.29, 0.717) is 24.3 Å². The van der Waals surface area contributed by atoms with Gasteiger partial charge in [0.25, 0.3) is 0 Å². The molecule has 5 heteroatoms. The van der Waals surface area contributed by atoms with Crippen LogP contribution in [-0.2, 0) is 4.74 Å². The number of anilines is 1. The van der Waals surface area contributed by atoms with Crippen LogP contribution < -0.4 is 5.73 Å². The van der Waals surface area contributed by atoms with E-state index in [9.17, 15) is 0 Å². The van der Waals surface area contributed by atoms with E-state index in [1.807, 2.05) is 6.92 Å². The average molecular weight is 264 g/mol. The molecule has 0 spiro atoms. The van der Waals surface area contributed by atoms with Gasteiger partial charge in [-0.1, -0.05) is 26.2 Å². The summed E-state index contributed by atoms with van der Waals surface area (Å²) >= 11 is 0. The summed E-state index contributed by atoms with van der Waals surface area (Å²) in [4.78, 5) is 13.2. The third-order valence-electron chi connectivity index (χ3n) is 3.68. The molecule has 1 fully saturated rings. The number of aromatic nitrogens is 3. The van der Waals surface area contributed by atoms with Crippen molar-refractivity contribution in [3.63, 3.8) is 0 Å². The smallest absolute Gasteiger partial charge is 0.223 e. The molecule has 2 N–H and O–H groups in total. The minimum atomic E-state index is -0.0716. The monoisotopic (exact) mass is 264 g/mol. The quantitative estimate of drug-likeness (QED) is 0.885. The van der Waals surface area contributed by atoms with Gasteiger partial charge in [0.1, 0.15) is 11.9 Å². The third-order valence-corrected chi connectivity index (χ3v) is 3.68. The SMILES string of the molecule is CCOC(CC)c1nc(N)nc(C2CCCCC2)n1. The number of hydrogen-bond acceptors (Lipinski definition) is 5. The van der Waals surface area contributed by atoms with Crippen molar-refractivity contribution in [3.8, 4) is 0 Å². The molecule has 2 rings (SSSR count). The van der Waals surface area contributed by atoms with Crippen molar-refractivity contribution in [2.24, 2.45) is 0 Å². The molecule has 1 aliphatic rings. The van der Waals surface area contributed by atoms with Gasteiger partial charge in [0.2, 0.25) is 5.95 Å². The van der Waals surface area contributed by atoms with Crippen LogP contribution in [0.3, 0.4) is 0 Å². The van der Waals surface area contributed by atoms with E-state index in [-0.39, 0.29) is 6.10 Å². The third kappa shape index (κ3) is 3.62. The number of rotatable bonds is 5. The number of hydrogen-bond donors (Lipinski definition) is 1. The average Bonchev–Trinajstić information content (AvgIpc) is 2.45. The summed E-state index contributed by atoms with van der Waals surface area (Å²) in [7, 11) is 0. The lowest BCUT2D eigenvalue weighted by molar-refractivity contribution is 0.0531. The second-order valence-corrected chi connectivity index (χ2v) is 5.10. The van der Waals surface area contributed by atoms with Gasteiger partial charge in [-0.05, 0) is 26.2 Å². The summed E-state index contributed by atoms with van der Waals surface area (Å²) < 4.78 is 5.67. The zero-order chi connectivity index (χ0) is 13.7. The normalized spacial score (nSPS) is 18.4. The molecule has 1 atom stereocenters. The van der Waals surface area contributed by atoms with Gasteiger partial charge in [0, 0.05) is 12.5 Å². The zero-order valence-electron chi connectivity index (χ0n) is 11.9. The Labute approximate surface area is 115 Å². The molecule has 1 heterocycles. The van der Waals surface area contributed by atoms with Crippen molar-refractivity contribution in [2.45, 2.75) is 64.4 Å². The summed E-state index contributed by atoms with van der Waals surface area (Å²) in [5.41, 5.74) is 5.84. The van der Waals surface area contributed by atoms with Crippen molar-refractivity contribution >= 4 is 5.95 Å². The van der Waals surface area contributed by atoms with Gasteiger partial charge < -0.3 is 10.5 Å². The lowest BCUT2D eigenvalue weighted by atomic mass is 9.89. The van der Waals surface area contributed by atoms with E-state index < -0.39 is 0 Å². The molecule has 5 nitrogen and oxygen atoms in total. The van der Waals surface area contributed by atoms with Gasteiger partial charge in [0.05, 0.1) is 0 Å². The first-order valence-corrected chi connectivity index (χ1v) is 7.37. The van der Waals surface area contributed by atoms with Crippen LogP contribution in [0, 0.1) is 0 Å². The summed E-state index contributed by atoms with van der Waals surface area (Å²) in [6.07, 6.45) is 6.94. The topological polar surface area (TPSA) is 73.9 Å². The van der Waals surface area contributed by atoms with Gasteiger partial charge >= 0.3 is 0 Å². The molecule has 1 unspecified atom stereocenters. The second kappa shape index (κ2) is 6.80. The Balaban J connectivity index is 2.22. The number of nitrogen functional groups attached to an aromatic ring is 1.